The molecule has 4 heteroatoms. The maximum absolute atomic E-state index is 10.8. The number of methoxy groups -OCH3 is 1. The quantitative estimate of drug-likeness (QED) is 0.650. The van der Waals surface area contributed by atoms with E-state index in [9.17, 15) is 4.79 Å². The minimum atomic E-state index is -0.185. The van der Waals surface area contributed by atoms with Gasteiger partial charge in [-0.05, 0) is 0 Å². The highest BCUT2D eigenvalue weighted by Gasteiger charge is 2.09. The molecule has 0 aliphatic heterocycles. The molecule has 0 bridgehead atoms. The number of hydrogen-bond donors (Lipinski definition) is 0. The molecule has 0 rings (SSSR count). The van der Waals surface area contributed by atoms with Crippen LogP contribution < -0.4 is 0 Å². The Balaban J connectivity index is 3.52. The molecule has 0 aliphatic rings. The van der Waals surface area contributed by atoms with Gasteiger partial charge in [0.05, 0.1) is 13.5 Å². The van der Waals surface area contributed by atoms with Crippen LogP contribution in [-0.2, 0) is 9.53 Å². The summed E-state index contributed by atoms with van der Waals surface area (Å²) >= 11 is 7.16. The van der Waals surface area contributed by atoms with Gasteiger partial charge in [-0.2, -0.15) is 11.8 Å². The minimum Gasteiger partial charge on any atom is -0.469 e. The smallest absolute Gasteiger partial charge is 0.306 e. The van der Waals surface area contributed by atoms with Crippen molar-refractivity contribution in [1.29, 1.82) is 0 Å². The van der Waals surface area contributed by atoms with Crippen molar-refractivity contribution in [2.75, 3.05) is 12.9 Å². The van der Waals surface area contributed by atoms with E-state index in [1.54, 1.807) is 11.8 Å². The van der Waals surface area contributed by atoms with Crippen molar-refractivity contribution in [3.05, 3.63) is 11.6 Å². The molecule has 0 heterocycles. The molecule has 0 fully saturated rings. The minimum absolute atomic E-state index is 0.185. The van der Waals surface area contributed by atoms with Crippen molar-refractivity contribution in [2.45, 2.75) is 18.6 Å². The summed E-state index contributed by atoms with van der Waals surface area (Å²) in [6, 6.07) is 0. The Kier molecular flexibility index (Phi) is 6.30. The first-order chi connectivity index (χ1) is 5.56. The average Bonchev–Trinajstić information content (AvgIpc) is 2.00. The second kappa shape index (κ2) is 6.38. The lowest BCUT2D eigenvalue weighted by atomic mass is 10.3. The molecule has 0 aromatic carbocycles. The molecule has 1 unspecified atom stereocenters. The monoisotopic (exact) mass is 208 g/mol. The summed E-state index contributed by atoms with van der Waals surface area (Å²) in [7, 11) is 1.39. The van der Waals surface area contributed by atoms with Crippen molar-refractivity contribution in [1.82, 2.24) is 0 Å². The molecule has 0 saturated heterocycles. The topological polar surface area (TPSA) is 26.3 Å². The standard InChI is InChI=1S/C8H13ClO2S/c1-6(9)5-12-7(2)4-8(10)11-3/h7H,1,4-5H2,2-3H3. The Morgan fingerprint density at radius 3 is 2.75 bits per heavy atom. The molecule has 70 valence electrons. The van der Waals surface area contributed by atoms with Gasteiger partial charge in [0.15, 0.2) is 0 Å². The van der Waals surface area contributed by atoms with Crippen LogP contribution >= 0.6 is 23.4 Å². The third-order valence-corrected chi connectivity index (χ3v) is 2.75. The lowest BCUT2D eigenvalue weighted by Gasteiger charge is -2.08. The van der Waals surface area contributed by atoms with E-state index in [2.05, 4.69) is 11.3 Å². The number of carbonyl (C=O) groups excluding carboxylic acids is 1. The molecule has 0 N–H and O–H groups in total. The van der Waals surface area contributed by atoms with Gasteiger partial charge in [-0.15, -0.1) is 0 Å². The Morgan fingerprint density at radius 1 is 1.75 bits per heavy atom. The van der Waals surface area contributed by atoms with Crippen LogP contribution in [-0.4, -0.2) is 24.1 Å². The van der Waals surface area contributed by atoms with Crippen molar-refractivity contribution < 1.29 is 9.53 Å². The average molecular weight is 209 g/mol. The summed E-state index contributed by atoms with van der Waals surface area (Å²) in [5.74, 6) is 0.495. The Morgan fingerprint density at radius 2 is 2.33 bits per heavy atom. The third kappa shape index (κ3) is 6.55. The van der Waals surface area contributed by atoms with Crippen molar-refractivity contribution in [3.8, 4) is 0 Å². The lowest BCUT2D eigenvalue weighted by molar-refractivity contribution is -0.140. The summed E-state index contributed by atoms with van der Waals surface area (Å²) in [6.07, 6.45) is 0.422. The molecule has 0 saturated carbocycles. The first-order valence-corrected chi connectivity index (χ1v) is 5.00. The van der Waals surface area contributed by atoms with Gasteiger partial charge in [-0.1, -0.05) is 25.1 Å². The van der Waals surface area contributed by atoms with Crippen LogP contribution in [0.4, 0.5) is 0 Å². The molecule has 0 spiro atoms. The molecule has 0 aromatic rings. The zero-order chi connectivity index (χ0) is 9.56. The van der Waals surface area contributed by atoms with E-state index in [1.165, 1.54) is 7.11 Å². The van der Waals surface area contributed by atoms with Crippen molar-refractivity contribution in [3.63, 3.8) is 0 Å². The van der Waals surface area contributed by atoms with Crippen molar-refractivity contribution in [2.24, 2.45) is 0 Å². The van der Waals surface area contributed by atoms with Crippen LogP contribution in [0.2, 0.25) is 0 Å². The summed E-state index contributed by atoms with van der Waals surface area (Å²) in [4.78, 5) is 10.8. The van der Waals surface area contributed by atoms with Crippen LogP contribution in [0.1, 0.15) is 13.3 Å². The van der Waals surface area contributed by atoms with Gasteiger partial charge in [-0.3, -0.25) is 4.79 Å². The Hall–Kier alpha value is -0.150. The van der Waals surface area contributed by atoms with Gasteiger partial charge in [0.1, 0.15) is 0 Å². The first-order valence-electron chi connectivity index (χ1n) is 3.58. The van der Waals surface area contributed by atoms with Crippen molar-refractivity contribution >= 4 is 29.3 Å². The number of thioether (sulfide) groups is 1. The molecule has 0 radical (unpaired) electrons. The summed E-state index contributed by atoms with van der Waals surface area (Å²) in [5, 5.41) is 0.838. The molecule has 2 nitrogen and oxygen atoms in total. The van der Waals surface area contributed by atoms with Crippen LogP contribution in [0, 0.1) is 0 Å². The normalized spacial score (nSPS) is 12.2. The van der Waals surface area contributed by atoms with Crippen LogP contribution in [0.5, 0.6) is 0 Å². The van der Waals surface area contributed by atoms with Gasteiger partial charge in [0.25, 0.3) is 0 Å². The lowest BCUT2D eigenvalue weighted by Crippen LogP contribution is -2.08. The van der Waals surface area contributed by atoms with E-state index in [1.807, 2.05) is 6.92 Å². The summed E-state index contributed by atoms with van der Waals surface area (Å²) in [5.41, 5.74) is 0. The fourth-order valence-corrected chi connectivity index (χ4v) is 1.52. The zero-order valence-electron chi connectivity index (χ0n) is 7.30. The van der Waals surface area contributed by atoms with E-state index in [-0.39, 0.29) is 11.2 Å². The summed E-state index contributed by atoms with van der Waals surface area (Å²) < 4.78 is 4.52. The van der Waals surface area contributed by atoms with E-state index >= 15 is 0 Å². The molecular weight excluding hydrogens is 196 g/mol. The highest BCUT2D eigenvalue weighted by Crippen LogP contribution is 2.18. The van der Waals surface area contributed by atoms with E-state index in [0.29, 0.717) is 17.2 Å². The molecule has 0 aromatic heterocycles. The van der Waals surface area contributed by atoms with Gasteiger partial charge in [-0.25, -0.2) is 0 Å². The maximum atomic E-state index is 10.8. The number of hydrogen-bond acceptors (Lipinski definition) is 3. The van der Waals surface area contributed by atoms with Gasteiger partial charge >= 0.3 is 5.97 Å². The Labute approximate surface area is 82.3 Å². The highest BCUT2D eigenvalue weighted by atomic mass is 35.5. The van der Waals surface area contributed by atoms with E-state index in [4.69, 9.17) is 11.6 Å². The number of halogens is 1. The third-order valence-electron chi connectivity index (χ3n) is 1.21. The summed E-state index contributed by atoms with van der Waals surface area (Å²) in [6.45, 7) is 5.51. The second-order valence-corrected chi connectivity index (χ2v) is 4.38. The first kappa shape index (κ1) is 11.8. The van der Waals surface area contributed by atoms with E-state index < -0.39 is 0 Å². The largest absolute Gasteiger partial charge is 0.469 e. The predicted octanol–water partition coefficient (Wildman–Crippen LogP) is 2.42. The number of carbonyl (C=O) groups is 1. The van der Waals surface area contributed by atoms with Crippen LogP contribution in [0.3, 0.4) is 0 Å². The molecule has 0 amide bonds. The maximum Gasteiger partial charge on any atom is 0.306 e. The fourth-order valence-electron chi connectivity index (χ4n) is 0.610. The highest BCUT2D eigenvalue weighted by molar-refractivity contribution is 8.00. The number of ether oxygens (including phenoxy) is 1. The molecule has 12 heavy (non-hydrogen) atoms. The number of esters is 1. The number of rotatable bonds is 5. The van der Waals surface area contributed by atoms with Gasteiger partial charge in [0, 0.05) is 16.0 Å². The molecule has 0 aliphatic carbocycles. The van der Waals surface area contributed by atoms with E-state index in [0.717, 1.165) is 0 Å². The zero-order valence-corrected chi connectivity index (χ0v) is 8.87. The SMILES string of the molecule is C=C(Cl)CSC(C)CC(=O)OC. The van der Waals surface area contributed by atoms with Gasteiger partial charge < -0.3 is 4.74 Å². The Bertz CT molecular complexity index is 170. The fraction of sp³-hybridized carbons (Fsp3) is 0.625. The van der Waals surface area contributed by atoms with Gasteiger partial charge in [0.2, 0.25) is 0 Å². The second-order valence-electron chi connectivity index (χ2n) is 2.42. The van der Waals surface area contributed by atoms with Crippen LogP contribution in [0.15, 0.2) is 11.6 Å². The molecule has 1 atom stereocenters. The van der Waals surface area contributed by atoms with Crippen LogP contribution in [0.25, 0.3) is 0 Å². The predicted molar refractivity (Wildman–Crippen MR) is 53.5 cm³/mol. The molecular formula is C8H13ClO2S.